The van der Waals surface area contributed by atoms with Gasteiger partial charge < -0.3 is 4.90 Å². The Morgan fingerprint density at radius 3 is 2.48 bits per heavy atom. The highest BCUT2D eigenvalue weighted by Gasteiger charge is 2.33. The summed E-state index contributed by atoms with van der Waals surface area (Å²) in [6.45, 7) is 9.81. The van der Waals surface area contributed by atoms with Crippen LogP contribution in [0.15, 0.2) is 36.0 Å². The molecule has 0 fully saturated rings. The van der Waals surface area contributed by atoms with E-state index in [1.807, 2.05) is 39.0 Å². The minimum Gasteiger partial charge on any atom is -0.343 e. The van der Waals surface area contributed by atoms with E-state index in [-0.39, 0.29) is 17.4 Å². The normalized spacial score (nSPS) is 21.9. The molecule has 1 aliphatic rings. The van der Waals surface area contributed by atoms with Crippen LogP contribution in [0.5, 0.6) is 0 Å². The first kappa shape index (κ1) is 15.3. The van der Waals surface area contributed by atoms with E-state index in [2.05, 4.69) is 30.9 Å². The monoisotopic (exact) mass is 282 g/mol. The molecule has 0 amide bonds. The molecule has 1 aromatic rings. The van der Waals surface area contributed by atoms with Crippen molar-refractivity contribution in [1.29, 1.82) is 5.26 Å². The number of nitriles is 1. The third-order valence-corrected chi connectivity index (χ3v) is 4.18. The molecule has 0 bridgehead atoms. The van der Waals surface area contributed by atoms with Gasteiger partial charge in [-0.2, -0.15) is 5.26 Å². The van der Waals surface area contributed by atoms with E-state index in [1.165, 1.54) is 5.56 Å². The van der Waals surface area contributed by atoms with Crippen molar-refractivity contribution in [2.45, 2.75) is 46.6 Å². The third-order valence-electron chi connectivity index (χ3n) is 4.18. The summed E-state index contributed by atoms with van der Waals surface area (Å²) in [7, 11) is 0. The van der Waals surface area contributed by atoms with E-state index in [0.29, 0.717) is 5.92 Å². The van der Waals surface area contributed by atoms with Crippen molar-refractivity contribution in [2.24, 2.45) is 5.41 Å². The zero-order valence-electron chi connectivity index (χ0n) is 13.3. The summed E-state index contributed by atoms with van der Waals surface area (Å²) in [6, 6.07) is 10.5. The predicted octanol–water partition coefficient (Wildman–Crippen LogP) is 4.02. The van der Waals surface area contributed by atoms with Crippen LogP contribution in [0.2, 0.25) is 0 Å². The van der Waals surface area contributed by atoms with Crippen LogP contribution < -0.4 is 4.90 Å². The molecule has 0 saturated carbocycles. The number of anilines is 1. The molecule has 0 N–H and O–H groups in total. The Labute approximate surface area is 126 Å². The number of para-hydroxylation sites is 1. The van der Waals surface area contributed by atoms with Crippen LogP contribution in [0.4, 0.5) is 5.69 Å². The summed E-state index contributed by atoms with van der Waals surface area (Å²) < 4.78 is 0. The second kappa shape index (κ2) is 5.37. The van der Waals surface area contributed by atoms with E-state index < -0.39 is 5.41 Å². The third kappa shape index (κ3) is 2.71. The van der Waals surface area contributed by atoms with Gasteiger partial charge in [-0.15, -0.1) is 0 Å². The van der Waals surface area contributed by atoms with Crippen LogP contribution in [-0.2, 0) is 4.79 Å². The van der Waals surface area contributed by atoms with Crippen molar-refractivity contribution in [2.75, 3.05) is 4.90 Å². The largest absolute Gasteiger partial charge is 0.343 e. The minimum atomic E-state index is -0.546. The zero-order chi connectivity index (χ0) is 15.8. The summed E-state index contributed by atoms with van der Waals surface area (Å²) in [4.78, 5) is 14.4. The highest BCUT2D eigenvalue weighted by Crippen LogP contribution is 2.41. The van der Waals surface area contributed by atoms with Crippen molar-refractivity contribution in [3.05, 3.63) is 41.6 Å². The predicted molar refractivity (Wildman–Crippen MR) is 85.0 cm³/mol. The van der Waals surface area contributed by atoms with Gasteiger partial charge in [0.05, 0.1) is 0 Å². The van der Waals surface area contributed by atoms with E-state index in [4.69, 9.17) is 0 Å². The van der Waals surface area contributed by atoms with Gasteiger partial charge in [0.2, 0.25) is 0 Å². The highest BCUT2D eigenvalue weighted by atomic mass is 16.1. The summed E-state index contributed by atoms with van der Waals surface area (Å²) in [5, 5.41) is 9.35. The van der Waals surface area contributed by atoms with Gasteiger partial charge in [0.25, 0.3) is 0 Å². The number of carbonyl (C=O) groups excluding carboxylic acids is 1. The fourth-order valence-corrected chi connectivity index (χ4v) is 2.70. The van der Waals surface area contributed by atoms with Gasteiger partial charge in [0.1, 0.15) is 11.6 Å². The average molecular weight is 282 g/mol. The fourth-order valence-electron chi connectivity index (χ4n) is 2.70. The summed E-state index contributed by atoms with van der Waals surface area (Å²) in [5.41, 5.74) is 2.03. The number of allylic oxidation sites excluding steroid dienone is 1. The number of Topliss-reactive ketones (excluding diaryl/α,β-unsaturated/α-hetero) is 1. The summed E-state index contributed by atoms with van der Waals surface area (Å²) in [6.07, 6.45) is 1.72. The highest BCUT2D eigenvalue weighted by molar-refractivity contribution is 6.02. The van der Waals surface area contributed by atoms with Gasteiger partial charge in [0, 0.05) is 29.3 Å². The van der Waals surface area contributed by atoms with Crippen molar-refractivity contribution in [1.82, 2.24) is 0 Å². The molecule has 2 unspecified atom stereocenters. The molecule has 3 heteroatoms. The Kier molecular flexibility index (Phi) is 3.91. The zero-order valence-corrected chi connectivity index (χ0v) is 13.3. The number of hydrogen-bond donors (Lipinski definition) is 0. The number of benzene rings is 1. The van der Waals surface area contributed by atoms with E-state index in [0.717, 1.165) is 5.69 Å². The summed E-state index contributed by atoms with van der Waals surface area (Å²) in [5.74, 6) is 0.261. The molecule has 2 rings (SSSR count). The molecule has 0 spiro atoms. The first-order valence-electron chi connectivity index (χ1n) is 7.31. The molecule has 0 saturated heterocycles. The lowest BCUT2D eigenvalue weighted by atomic mass is 9.87. The van der Waals surface area contributed by atoms with Crippen LogP contribution in [0.3, 0.4) is 0 Å². The standard InChI is InChI=1S/C18H22N2O/c1-12-13(2)20(16-9-7-6-8-15(12)16)11-14(10-19)17(21)18(3,4)5/h6-9,11-13H,1-5H3. The lowest BCUT2D eigenvalue weighted by Crippen LogP contribution is -2.28. The molecular formula is C18H22N2O. The van der Waals surface area contributed by atoms with Gasteiger partial charge in [-0.05, 0) is 18.6 Å². The Hall–Kier alpha value is -2.08. The fraction of sp³-hybridized carbons (Fsp3) is 0.444. The Balaban J connectivity index is 2.45. The molecule has 0 aromatic heterocycles. The Morgan fingerprint density at radius 2 is 1.90 bits per heavy atom. The first-order chi connectivity index (χ1) is 9.77. The van der Waals surface area contributed by atoms with Crippen molar-refractivity contribution in [3.8, 4) is 6.07 Å². The molecule has 3 nitrogen and oxygen atoms in total. The second-order valence-electron chi connectivity index (χ2n) is 6.73. The first-order valence-corrected chi connectivity index (χ1v) is 7.31. The quantitative estimate of drug-likeness (QED) is 0.608. The maximum Gasteiger partial charge on any atom is 0.180 e. The number of ketones is 1. The summed E-state index contributed by atoms with van der Waals surface area (Å²) >= 11 is 0. The van der Waals surface area contributed by atoms with Gasteiger partial charge in [0.15, 0.2) is 5.78 Å². The molecule has 2 atom stereocenters. The maximum absolute atomic E-state index is 12.4. The molecule has 1 aromatic carbocycles. The lowest BCUT2D eigenvalue weighted by Gasteiger charge is -2.24. The number of nitrogens with zero attached hydrogens (tertiary/aromatic N) is 2. The van der Waals surface area contributed by atoms with Crippen molar-refractivity contribution in [3.63, 3.8) is 0 Å². The van der Waals surface area contributed by atoms with E-state index >= 15 is 0 Å². The lowest BCUT2D eigenvalue weighted by molar-refractivity contribution is -0.122. The molecule has 1 aliphatic heterocycles. The number of rotatable bonds is 2. The van der Waals surface area contributed by atoms with Gasteiger partial charge in [-0.3, -0.25) is 4.79 Å². The molecule has 1 heterocycles. The topological polar surface area (TPSA) is 44.1 Å². The molecule has 0 aliphatic carbocycles. The van der Waals surface area contributed by atoms with Crippen LogP contribution in [0.25, 0.3) is 0 Å². The van der Waals surface area contributed by atoms with E-state index in [9.17, 15) is 10.1 Å². The molecule has 0 radical (unpaired) electrons. The minimum absolute atomic E-state index is 0.116. The van der Waals surface area contributed by atoms with Gasteiger partial charge in [-0.25, -0.2) is 0 Å². The number of hydrogen-bond acceptors (Lipinski definition) is 3. The number of fused-ring (bicyclic) bond motifs is 1. The SMILES string of the molecule is CC1c2ccccc2N(C=C(C#N)C(=O)C(C)(C)C)C1C. The van der Waals surface area contributed by atoms with Gasteiger partial charge in [-0.1, -0.05) is 45.9 Å². The molecule has 21 heavy (non-hydrogen) atoms. The average Bonchev–Trinajstić information content (AvgIpc) is 2.68. The Morgan fingerprint density at radius 1 is 1.29 bits per heavy atom. The molecular weight excluding hydrogens is 260 g/mol. The van der Waals surface area contributed by atoms with Crippen LogP contribution in [-0.4, -0.2) is 11.8 Å². The van der Waals surface area contributed by atoms with Crippen LogP contribution >= 0.6 is 0 Å². The number of carbonyl (C=O) groups is 1. The smallest absolute Gasteiger partial charge is 0.180 e. The van der Waals surface area contributed by atoms with Crippen molar-refractivity contribution >= 4 is 11.5 Å². The van der Waals surface area contributed by atoms with Crippen molar-refractivity contribution < 1.29 is 4.79 Å². The second-order valence-corrected chi connectivity index (χ2v) is 6.73. The van der Waals surface area contributed by atoms with Crippen LogP contribution in [0, 0.1) is 16.7 Å². The molecule has 110 valence electrons. The van der Waals surface area contributed by atoms with E-state index in [1.54, 1.807) is 6.20 Å². The maximum atomic E-state index is 12.4. The van der Waals surface area contributed by atoms with Crippen LogP contribution in [0.1, 0.15) is 46.1 Å². The Bertz CT molecular complexity index is 631. The van der Waals surface area contributed by atoms with Gasteiger partial charge >= 0.3 is 0 Å².